The van der Waals surface area contributed by atoms with Gasteiger partial charge in [-0.2, -0.15) is 5.10 Å². The summed E-state index contributed by atoms with van der Waals surface area (Å²) in [4.78, 5) is 6.67. The molecule has 0 radical (unpaired) electrons. The Kier molecular flexibility index (Phi) is 4.56. The van der Waals surface area contributed by atoms with Crippen molar-refractivity contribution in [1.82, 2.24) is 19.7 Å². The standard InChI is InChI=1S/C16H21ClN4/c1-20-16(15(17)11-19-20)12-21-7-4-13(5-8-21)9-14-3-2-6-18-10-14/h2-3,6,10-11,13H,4-5,7-9,12H2,1H3. The van der Waals surface area contributed by atoms with Gasteiger partial charge in [-0.25, -0.2) is 0 Å². The summed E-state index contributed by atoms with van der Waals surface area (Å²) >= 11 is 6.18. The maximum absolute atomic E-state index is 6.18. The van der Waals surface area contributed by atoms with Crippen LogP contribution in [-0.4, -0.2) is 32.8 Å². The quantitative estimate of drug-likeness (QED) is 0.871. The summed E-state index contributed by atoms with van der Waals surface area (Å²) in [5.74, 6) is 0.771. The van der Waals surface area contributed by atoms with Gasteiger partial charge >= 0.3 is 0 Å². The molecule has 3 rings (SSSR count). The molecule has 0 atom stereocenters. The van der Waals surface area contributed by atoms with E-state index in [0.29, 0.717) is 0 Å². The van der Waals surface area contributed by atoms with Crippen molar-refractivity contribution in [3.05, 3.63) is 47.0 Å². The normalized spacial score (nSPS) is 17.2. The summed E-state index contributed by atoms with van der Waals surface area (Å²) in [7, 11) is 1.95. The van der Waals surface area contributed by atoms with E-state index in [2.05, 4.69) is 21.0 Å². The number of pyridine rings is 1. The Hall–Kier alpha value is -1.39. The van der Waals surface area contributed by atoms with Crippen LogP contribution in [0.3, 0.4) is 0 Å². The van der Waals surface area contributed by atoms with Gasteiger partial charge in [0.2, 0.25) is 0 Å². The number of aryl methyl sites for hydroxylation is 1. The molecule has 2 aromatic rings. The van der Waals surface area contributed by atoms with Gasteiger partial charge in [0.25, 0.3) is 0 Å². The highest BCUT2D eigenvalue weighted by Crippen LogP contribution is 2.24. The molecule has 2 aromatic heterocycles. The average molecular weight is 305 g/mol. The molecule has 0 aromatic carbocycles. The Balaban J connectivity index is 1.51. The van der Waals surface area contributed by atoms with Crippen molar-refractivity contribution in [2.45, 2.75) is 25.8 Å². The monoisotopic (exact) mass is 304 g/mol. The SMILES string of the molecule is Cn1ncc(Cl)c1CN1CCC(Cc2cccnc2)CC1. The number of halogens is 1. The number of rotatable bonds is 4. The van der Waals surface area contributed by atoms with Crippen LogP contribution < -0.4 is 0 Å². The molecule has 0 N–H and O–H groups in total. The first-order valence-electron chi connectivity index (χ1n) is 7.50. The van der Waals surface area contributed by atoms with Gasteiger partial charge in [0.15, 0.2) is 0 Å². The second-order valence-corrected chi connectivity index (χ2v) is 6.25. The summed E-state index contributed by atoms with van der Waals surface area (Å²) in [5.41, 5.74) is 2.47. The van der Waals surface area contributed by atoms with Gasteiger partial charge in [-0.15, -0.1) is 0 Å². The van der Waals surface area contributed by atoms with Crippen LogP contribution >= 0.6 is 11.6 Å². The molecule has 1 saturated heterocycles. The van der Waals surface area contributed by atoms with E-state index in [1.807, 2.05) is 30.2 Å². The van der Waals surface area contributed by atoms with Crippen LogP contribution in [0.25, 0.3) is 0 Å². The van der Waals surface area contributed by atoms with E-state index in [1.54, 1.807) is 6.20 Å². The third-order valence-electron chi connectivity index (χ3n) is 4.34. The van der Waals surface area contributed by atoms with Gasteiger partial charge < -0.3 is 0 Å². The topological polar surface area (TPSA) is 34.0 Å². The van der Waals surface area contributed by atoms with Crippen LogP contribution in [0.2, 0.25) is 5.02 Å². The highest BCUT2D eigenvalue weighted by molar-refractivity contribution is 6.31. The average Bonchev–Trinajstić information content (AvgIpc) is 2.82. The van der Waals surface area contributed by atoms with Crippen LogP contribution in [0.4, 0.5) is 0 Å². The third kappa shape index (κ3) is 3.63. The van der Waals surface area contributed by atoms with Gasteiger partial charge in [0, 0.05) is 26.0 Å². The predicted octanol–water partition coefficient (Wildman–Crippen LogP) is 2.92. The zero-order valence-corrected chi connectivity index (χ0v) is 13.1. The van der Waals surface area contributed by atoms with Gasteiger partial charge in [-0.3, -0.25) is 14.6 Å². The van der Waals surface area contributed by atoms with E-state index in [4.69, 9.17) is 11.6 Å². The van der Waals surface area contributed by atoms with Crippen molar-refractivity contribution in [3.63, 3.8) is 0 Å². The van der Waals surface area contributed by atoms with E-state index in [-0.39, 0.29) is 0 Å². The van der Waals surface area contributed by atoms with Gasteiger partial charge in [-0.05, 0) is 49.9 Å². The number of hydrogen-bond acceptors (Lipinski definition) is 3. The van der Waals surface area contributed by atoms with Crippen molar-refractivity contribution in [2.75, 3.05) is 13.1 Å². The molecule has 112 valence electrons. The number of nitrogens with zero attached hydrogens (tertiary/aromatic N) is 4. The van der Waals surface area contributed by atoms with Crippen molar-refractivity contribution in [1.29, 1.82) is 0 Å². The maximum atomic E-state index is 6.18. The Morgan fingerprint density at radius 2 is 2.10 bits per heavy atom. The molecule has 0 spiro atoms. The third-order valence-corrected chi connectivity index (χ3v) is 4.65. The summed E-state index contributed by atoms with van der Waals surface area (Å²) in [5, 5.41) is 4.98. The lowest BCUT2D eigenvalue weighted by Gasteiger charge is -2.32. The number of aromatic nitrogens is 3. The summed E-state index contributed by atoms with van der Waals surface area (Å²) in [6.07, 6.45) is 9.18. The number of piperidine rings is 1. The molecule has 3 heterocycles. The van der Waals surface area contributed by atoms with Gasteiger partial charge in [0.05, 0.1) is 16.9 Å². The van der Waals surface area contributed by atoms with Crippen molar-refractivity contribution >= 4 is 11.6 Å². The Bertz CT molecular complexity index is 554. The zero-order chi connectivity index (χ0) is 14.7. The molecule has 1 aliphatic rings. The fraction of sp³-hybridized carbons (Fsp3) is 0.500. The minimum absolute atomic E-state index is 0.771. The van der Waals surface area contributed by atoms with Gasteiger partial charge in [0.1, 0.15) is 0 Å². The lowest BCUT2D eigenvalue weighted by Crippen LogP contribution is -2.34. The maximum Gasteiger partial charge on any atom is 0.0831 e. The lowest BCUT2D eigenvalue weighted by atomic mass is 9.91. The summed E-state index contributed by atoms with van der Waals surface area (Å²) in [6, 6.07) is 4.20. The Morgan fingerprint density at radius 1 is 1.29 bits per heavy atom. The van der Waals surface area contributed by atoms with Crippen LogP contribution in [0.5, 0.6) is 0 Å². The first kappa shape index (κ1) is 14.5. The van der Waals surface area contributed by atoms with E-state index < -0.39 is 0 Å². The molecule has 0 saturated carbocycles. The molecule has 21 heavy (non-hydrogen) atoms. The van der Waals surface area contributed by atoms with E-state index >= 15 is 0 Å². The highest BCUT2D eigenvalue weighted by atomic mass is 35.5. The van der Waals surface area contributed by atoms with Crippen LogP contribution in [0.1, 0.15) is 24.1 Å². The molecular weight excluding hydrogens is 284 g/mol. The van der Waals surface area contributed by atoms with Crippen LogP contribution in [0, 0.1) is 5.92 Å². The largest absolute Gasteiger partial charge is 0.297 e. The molecule has 0 bridgehead atoms. The molecule has 0 unspecified atom stereocenters. The van der Waals surface area contributed by atoms with Crippen LogP contribution in [-0.2, 0) is 20.0 Å². The molecular formula is C16H21ClN4. The highest BCUT2D eigenvalue weighted by Gasteiger charge is 2.21. The smallest absolute Gasteiger partial charge is 0.0831 e. The van der Waals surface area contributed by atoms with E-state index in [9.17, 15) is 0 Å². The summed E-state index contributed by atoms with van der Waals surface area (Å²) in [6.45, 7) is 3.16. The lowest BCUT2D eigenvalue weighted by molar-refractivity contribution is 0.173. The van der Waals surface area contributed by atoms with Gasteiger partial charge in [-0.1, -0.05) is 17.7 Å². The minimum atomic E-state index is 0.771. The second kappa shape index (κ2) is 6.58. The van der Waals surface area contributed by atoms with Crippen molar-refractivity contribution in [2.24, 2.45) is 13.0 Å². The van der Waals surface area contributed by atoms with E-state index in [1.165, 1.54) is 18.4 Å². The first-order chi connectivity index (χ1) is 10.2. The zero-order valence-electron chi connectivity index (χ0n) is 12.4. The predicted molar refractivity (Wildman–Crippen MR) is 84.2 cm³/mol. The number of hydrogen-bond donors (Lipinski definition) is 0. The number of likely N-dealkylation sites (tertiary alicyclic amines) is 1. The molecule has 4 nitrogen and oxygen atoms in total. The van der Waals surface area contributed by atoms with Crippen molar-refractivity contribution in [3.8, 4) is 0 Å². The minimum Gasteiger partial charge on any atom is -0.297 e. The molecule has 0 amide bonds. The molecule has 5 heteroatoms. The second-order valence-electron chi connectivity index (χ2n) is 5.85. The Labute approximate surface area is 130 Å². The van der Waals surface area contributed by atoms with E-state index in [0.717, 1.165) is 42.7 Å². The molecule has 1 aliphatic heterocycles. The fourth-order valence-electron chi connectivity index (χ4n) is 3.03. The fourth-order valence-corrected chi connectivity index (χ4v) is 3.25. The first-order valence-corrected chi connectivity index (χ1v) is 7.88. The van der Waals surface area contributed by atoms with Crippen LogP contribution in [0.15, 0.2) is 30.7 Å². The molecule has 1 fully saturated rings. The van der Waals surface area contributed by atoms with Crippen molar-refractivity contribution < 1.29 is 0 Å². The summed E-state index contributed by atoms with van der Waals surface area (Å²) < 4.78 is 1.88. The Morgan fingerprint density at radius 3 is 2.71 bits per heavy atom. The molecule has 0 aliphatic carbocycles.